The first-order valence-electron chi connectivity index (χ1n) is 10.7. The van der Waals surface area contributed by atoms with E-state index in [-0.39, 0.29) is 22.8 Å². The number of carbonyl (C=O) groups excluding carboxylic acids is 1. The maximum atomic E-state index is 13.0. The predicted octanol–water partition coefficient (Wildman–Crippen LogP) is 3.37. The van der Waals surface area contributed by atoms with Gasteiger partial charge in [-0.1, -0.05) is 26.0 Å². The third-order valence-electron chi connectivity index (χ3n) is 5.68. The summed E-state index contributed by atoms with van der Waals surface area (Å²) in [6.45, 7) is 6.11. The zero-order valence-electron chi connectivity index (χ0n) is 17.8. The number of fused-ring (bicyclic) bond motifs is 1. The highest BCUT2D eigenvalue weighted by molar-refractivity contribution is 7.89. The van der Waals surface area contributed by atoms with Crippen molar-refractivity contribution in [2.75, 3.05) is 26.3 Å². The van der Waals surface area contributed by atoms with E-state index in [2.05, 4.69) is 5.32 Å². The highest BCUT2D eigenvalue weighted by atomic mass is 32.2. The summed E-state index contributed by atoms with van der Waals surface area (Å²) in [5.41, 5.74) is 1.23. The molecule has 0 aromatic heterocycles. The first kappa shape index (κ1) is 21.6. The van der Waals surface area contributed by atoms with Crippen LogP contribution in [-0.4, -0.2) is 44.9 Å². The van der Waals surface area contributed by atoms with Crippen LogP contribution in [0.25, 0.3) is 0 Å². The molecule has 166 valence electrons. The van der Waals surface area contributed by atoms with Gasteiger partial charge in [0.1, 0.15) is 13.2 Å². The van der Waals surface area contributed by atoms with Gasteiger partial charge in [-0.25, -0.2) is 8.42 Å². The number of hydrogen-bond donors (Lipinski definition) is 1. The Kier molecular flexibility index (Phi) is 6.20. The van der Waals surface area contributed by atoms with Gasteiger partial charge in [0.2, 0.25) is 10.0 Å². The lowest BCUT2D eigenvalue weighted by Crippen LogP contribution is -2.32. The van der Waals surface area contributed by atoms with E-state index in [1.165, 1.54) is 10.4 Å². The van der Waals surface area contributed by atoms with Gasteiger partial charge in [0.25, 0.3) is 5.91 Å². The minimum Gasteiger partial charge on any atom is -0.486 e. The summed E-state index contributed by atoms with van der Waals surface area (Å²) in [5, 5.41) is 3.06. The molecule has 2 aromatic rings. The van der Waals surface area contributed by atoms with Crippen LogP contribution < -0.4 is 14.8 Å². The van der Waals surface area contributed by atoms with E-state index in [9.17, 15) is 13.2 Å². The zero-order valence-corrected chi connectivity index (χ0v) is 18.7. The molecule has 2 aliphatic heterocycles. The second-order valence-electron chi connectivity index (χ2n) is 8.24. The Hall–Kier alpha value is -2.58. The maximum Gasteiger partial charge on any atom is 0.251 e. The topological polar surface area (TPSA) is 84.9 Å². The SMILES string of the molecule is CC(C)C(NC(=O)c1cccc(S(=O)(=O)N2CCCC2)c1)c1ccc2c(c1)OCCO2. The smallest absolute Gasteiger partial charge is 0.251 e. The van der Waals surface area contributed by atoms with Gasteiger partial charge in [-0.15, -0.1) is 0 Å². The third-order valence-corrected chi connectivity index (χ3v) is 7.57. The summed E-state index contributed by atoms with van der Waals surface area (Å²) >= 11 is 0. The van der Waals surface area contributed by atoms with Crippen LogP contribution in [0, 0.1) is 5.92 Å². The number of carbonyl (C=O) groups is 1. The molecule has 8 heteroatoms. The average molecular weight is 445 g/mol. The van der Waals surface area contributed by atoms with Crippen molar-refractivity contribution in [3.8, 4) is 11.5 Å². The van der Waals surface area contributed by atoms with E-state index in [4.69, 9.17) is 9.47 Å². The van der Waals surface area contributed by atoms with E-state index in [1.54, 1.807) is 18.2 Å². The van der Waals surface area contributed by atoms with E-state index < -0.39 is 10.0 Å². The summed E-state index contributed by atoms with van der Waals surface area (Å²) in [7, 11) is -3.58. The molecule has 2 aliphatic rings. The first-order valence-corrected chi connectivity index (χ1v) is 12.1. The first-order chi connectivity index (χ1) is 14.9. The van der Waals surface area contributed by atoms with Crippen LogP contribution >= 0.6 is 0 Å². The lowest BCUT2D eigenvalue weighted by molar-refractivity contribution is 0.0925. The lowest BCUT2D eigenvalue weighted by Gasteiger charge is -2.25. The molecule has 1 fully saturated rings. The molecular weight excluding hydrogens is 416 g/mol. The van der Waals surface area contributed by atoms with E-state index in [0.717, 1.165) is 18.4 Å². The number of rotatable bonds is 6. The number of ether oxygens (including phenoxy) is 2. The van der Waals surface area contributed by atoms with E-state index in [0.29, 0.717) is 43.4 Å². The van der Waals surface area contributed by atoms with Gasteiger partial charge in [-0.05, 0) is 54.7 Å². The second kappa shape index (κ2) is 8.88. The number of hydrogen-bond acceptors (Lipinski definition) is 5. The molecule has 2 aromatic carbocycles. The minimum atomic E-state index is -3.58. The van der Waals surface area contributed by atoms with Gasteiger partial charge in [-0.3, -0.25) is 4.79 Å². The van der Waals surface area contributed by atoms with Crippen LogP contribution in [0.5, 0.6) is 11.5 Å². The molecule has 0 radical (unpaired) electrons. The highest BCUT2D eigenvalue weighted by Crippen LogP contribution is 2.34. The summed E-state index contributed by atoms with van der Waals surface area (Å²) in [5.74, 6) is 1.17. The third kappa shape index (κ3) is 4.55. The molecule has 1 atom stereocenters. The molecule has 1 N–H and O–H groups in total. The zero-order chi connectivity index (χ0) is 22.0. The number of sulfonamides is 1. The molecule has 7 nitrogen and oxygen atoms in total. The van der Waals surface area contributed by atoms with Crippen LogP contribution in [0.1, 0.15) is 48.7 Å². The molecule has 1 amide bonds. The summed E-state index contributed by atoms with van der Waals surface area (Å²) in [4.78, 5) is 13.2. The number of amides is 1. The number of nitrogens with zero attached hydrogens (tertiary/aromatic N) is 1. The van der Waals surface area contributed by atoms with Gasteiger partial charge in [0.15, 0.2) is 11.5 Å². The normalized spacial score (nSPS) is 17.5. The molecule has 1 saturated heterocycles. The molecule has 31 heavy (non-hydrogen) atoms. The molecule has 4 rings (SSSR count). The molecular formula is C23H28N2O5S. The van der Waals surface area contributed by atoms with E-state index in [1.807, 2.05) is 32.0 Å². The van der Waals surface area contributed by atoms with Gasteiger partial charge in [0, 0.05) is 18.7 Å². The van der Waals surface area contributed by atoms with Crippen LogP contribution in [0.15, 0.2) is 47.4 Å². The van der Waals surface area contributed by atoms with E-state index >= 15 is 0 Å². The monoisotopic (exact) mass is 444 g/mol. The van der Waals surface area contributed by atoms with Crippen molar-refractivity contribution in [3.05, 3.63) is 53.6 Å². The van der Waals surface area contributed by atoms with Crippen molar-refractivity contribution in [3.63, 3.8) is 0 Å². The fraction of sp³-hybridized carbons (Fsp3) is 0.435. The Bertz CT molecular complexity index is 1060. The fourth-order valence-corrected chi connectivity index (χ4v) is 5.55. The number of benzene rings is 2. The maximum absolute atomic E-state index is 13.0. The van der Waals surface area contributed by atoms with Crippen LogP contribution in [0.2, 0.25) is 0 Å². The van der Waals surface area contributed by atoms with Crippen molar-refractivity contribution < 1.29 is 22.7 Å². The number of nitrogens with one attached hydrogen (secondary N) is 1. The van der Waals surface area contributed by atoms with Crippen molar-refractivity contribution in [1.82, 2.24) is 9.62 Å². The quantitative estimate of drug-likeness (QED) is 0.738. The molecule has 2 heterocycles. The Balaban J connectivity index is 1.56. The largest absolute Gasteiger partial charge is 0.486 e. The van der Waals surface area contributed by atoms with Crippen LogP contribution in [0.4, 0.5) is 0 Å². The molecule has 0 saturated carbocycles. The van der Waals surface area contributed by atoms with Crippen molar-refractivity contribution >= 4 is 15.9 Å². The lowest BCUT2D eigenvalue weighted by atomic mass is 9.95. The molecule has 0 bridgehead atoms. The van der Waals surface area contributed by atoms with Crippen molar-refractivity contribution in [2.45, 2.75) is 37.6 Å². The van der Waals surface area contributed by atoms with Gasteiger partial charge < -0.3 is 14.8 Å². The fourth-order valence-electron chi connectivity index (χ4n) is 3.99. The van der Waals surface area contributed by atoms with Crippen molar-refractivity contribution in [2.24, 2.45) is 5.92 Å². The van der Waals surface area contributed by atoms with Crippen LogP contribution in [-0.2, 0) is 10.0 Å². The minimum absolute atomic E-state index is 0.114. The van der Waals surface area contributed by atoms with Crippen molar-refractivity contribution in [1.29, 1.82) is 0 Å². The summed E-state index contributed by atoms with van der Waals surface area (Å²) < 4.78 is 38.5. The Morgan fingerprint density at radius 1 is 1.00 bits per heavy atom. The highest BCUT2D eigenvalue weighted by Gasteiger charge is 2.28. The van der Waals surface area contributed by atoms with Crippen LogP contribution in [0.3, 0.4) is 0 Å². The van der Waals surface area contributed by atoms with Gasteiger partial charge in [0.05, 0.1) is 10.9 Å². The standard InChI is InChI=1S/C23H28N2O5S/c1-16(2)22(17-8-9-20-21(15-17)30-13-12-29-20)24-23(26)18-6-5-7-19(14-18)31(27,28)25-10-3-4-11-25/h5-9,14-16,22H,3-4,10-13H2,1-2H3,(H,24,26). The summed E-state index contributed by atoms with van der Waals surface area (Å²) in [6.07, 6.45) is 1.73. The molecule has 0 spiro atoms. The summed E-state index contributed by atoms with van der Waals surface area (Å²) in [6, 6.07) is 11.7. The Labute approximate surface area is 183 Å². The average Bonchev–Trinajstić information content (AvgIpc) is 3.33. The Morgan fingerprint density at radius 3 is 2.42 bits per heavy atom. The van der Waals surface area contributed by atoms with Gasteiger partial charge >= 0.3 is 0 Å². The van der Waals surface area contributed by atoms with Gasteiger partial charge in [-0.2, -0.15) is 4.31 Å². The second-order valence-corrected chi connectivity index (χ2v) is 10.2. The Morgan fingerprint density at radius 2 is 1.71 bits per heavy atom. The molecule has 1 unspecified atom stereocenters. The molecule has 0 aliphatic carbocycles. The predicted molar refractivity (Wildman–Crippen MR) is 117 cm³/mol.